The van der Waals surface area contributed by atoms with Gasteiger partial charge in [0.25, 0.3) is 0 Å². The molecule has 0 saturated heterocycles. The minimum atomic E-state index is 0.121. The van der Waals surface area contributed by atoms with Crippen LogP contribution in [0.4, 0.5) is 5.69 Å². The van der Waals surface area contributed by atoms with Gasteiger partial charge in [-0.1, -0.05) is 0 Å². The van der Waals surface area contributed by atoms with Crippen molar-refractivity contribution in [1.29, 1.82) is 0 Å². The van der Waals surface area contributed by atoms with E-state index in [1.165, 1.54) is 0 Å². The molecule has 1 N–H and O–H groups in total. The summed E-state index contributed by atoms with van der Waals surface area (Å²) < 4.78 is 3.87. The molecule has 20 heavy (non-hydrogen) atoms. The summed E-state index contributed by atoms with van der Waals surface area (Å²) >= 11 is 0. The Morgan fingerprint density at radius 2 is 2.05 bits per heavy atom. The molecule has 0 radical (unpaired) electrons. The predicted octanol–water partition coefficient (Wildman–Crippen LogP) is 2.17. The molecule has 102 valence electrons. The largest absolute Gasteiger partial charge is 0.374 e. The summed E-state index contributed by atoms with van der Waals surface area (Å²) in [6, 6.07) is 4.08. The molecule has 1 atom stereocenters. The van der Waals surface area contributed by atoms with E-state index in [2.05, 4.69) is 27.2 Å². The van der Waals surface area contributed by atoms with Gasteiger partial charge in [-0.2, -0.15) is 0 Å². The lowest BCUT2D eigenvalue weighted by Crippen LogP contribution is -2.12. The number of anilines is 1. The van der Waals surface area contributed by atoms with Gasteiger partial charge in [0, 0.05) is 31.8 Å². The van der Waals surface area contributed by atoms with Gasteiger partial charge in [0.2, 0.25) is 0 Å². The van der Waals surface area contributed by atoms with Crippen LogP contribution in [-0.4, -0.2) is 24.1 Å². The van der Waals surface area contributed by atoms with Crippen molar-refractivity contribution in [3.63, 3.8) is 0 Å². The van der Waals surface area contributed by atoms with E-state index in [1.807, 2.05) is 46.9 Å². The van der Waals surface area contributed by atoms with Crippen LogP contribution in [0.3, 0.4) is 0 Å². The van der Waals surface area contributed by atoms with Crippen molar-refractivity contribution >= 4 is 5.69 Å². The summed E-state index contributed by atoms with van der Waals surface area (Å²) in [4.78, 5) is 12.8. The number of hydrogen-bond acceptors (Lipinski definition) is 4. The topological polar surface area (TPSA) is 60.6 Å². The maximum atomic E-state index is 4.41. The summed E-state index contributed by atoms with van der Waals surface area (Å²) in [5, 5.41) is 3.39. The van der Waals surface area contributed by atoms with E-state index >= 15 is 0 Å². The smallest absolute Gasteiger partial charge is 0.137 e. The normalized spacial score (nSPS) is 12.3. The fraction of sp³-hybridized carbons (Fsp3) is 0.214. The Labute approximate surface area is 117 Å². The Kier molecular flexibility index (Phi) is 3.20. The van der Waals surface area contributed by atoms with Crippen LogP contribution in [-0.2, 0) is 7.05 Å². The number of aryl methyl sites for hydroxylation is 1. The molecule has 3 rings (SSSR count). The fourth-order valence-electron chi connectivity index (χ4n) is 2.13. The first-order valence-electron chi connectivity index (χ1n) is 6.42. The van der Waals surface area contributed by atoms with Crippen LogP contribution in [0, 0.1) is 0 Å². The zero-order valence-electron chi connectivity index (χ0n) is 11.4. The number of aromatic nitrogens is 5. The molecule has 0 aromatic carbocycles. The molecule has 0 aliphatic carbocycles. The second-order valence-electron chi connectivity index (χ2n) is 4.64. The molecular formula is C14H16N6. The highest BCUT2D eigenvalue weighted by molar-refractivity contribution is 5.44. The Bertz CT molecular complexity index is 668. The molecule has 0 amide bonds. The second-order valence-corrected chi connectivity index (χ2v) is 4.64. The quantitative estimate of drug-likeness (QED) is 0.787. The minimum absolute atomic E-state index is 0.121. The molecular weight excluding hydrogens is 252 g/mol. The van der Waals surface area contributed by atoms with Crippen molar-refractivity contribution in [2.75, 3.05) is 5.32 Å². The van der Waals surface area contributed by atoms with Crippen LogP contribution in [0.2, 0.25) is 0 Å². The van der Waals surface area contributed by atoms with Gasteiger partial charge < -0.3 is 9.88 Å². The lowest BCUT2D eigenvalue weighted by Gasteiger charge is -2.15. The van der Waals surface area contributed by atoms with Gasteiger partial charge in [0.15, 0.2) is 0 Å². The minimum Gasteiger partial charge on any atom is -0.374 e. The number of pyridine rings is 1. The first-order valence-corrected chi connectivity index (χ1v) is 6.42. The standard InChI is InChI=1S/C14H16N6/c1-11(14-16-6-7-19(14)2)18-12-3-4-13(17-9-12)20-8-5-15-10-20/h3-11,18H,1-2H3. The third-order valence-electron chi connectivity index (χ3n) is 3.15. The zero-order chi connectivity index (χ0) is 13.9. The van der Waals surface area contributed by atoms with E-state index in [0.717, 1.165) is 17.3 Å². The Hall–Kier alpha value is -2.63. The number of nitrogens with one attached hydrogen (secondary N) is 1. The van der Waals surface area contributed by atoms with Crippen molar-refractivity contribution in [2.24, 2.45) is 7.05 Å². The molecule has 6 nitrogen and oxygen atoms in total. The van der Waals surface area contributed by atoms with Crippen molar-refractivity contribution in [3.05, 3.63) is 55.3 Å². The van der Waals surface area contributed by atoms with Crippen molar-refractivity contribution in [2.45, 2.75) is 13.0 Å². The maximum absolute atomic E-state index is 4.41. The van der Waals surface area contributed by atoms with Crippen molar-refractivity contribution < 1.29 is 0 Å². The van der Waals surface area contributed by atoms with E-state index in [1.54, 1.807) is 18.7 Å². The lowest BCUT2D eigenvalue weighted by molar-refractivity contribution is 0.721. The van der Waals surface area contributed by atoms with Gasteiger partial charge >= 0.3 is 0 Å². The number of rotatable bonds is 4. The van der Waals surface area contributed by atoms with Crippen LogP contribution in [0.15, 0.2) is 49.4 Å². The average Bonchev–Trinajstić information content (AvgIpc) is 3.10. The van der Waals surface area contributed by atoms with Crippen LogP contribution < -0.4 is 5.32 Å². The highest BCUT2D eigenvalue weighted by Gasteiger charge is 2.10. The molecule has 0 aliphatic heterocycles. The first-order chi connectivity index (χ1) is 9.74. The Morgan fingerprint density at radius 3 is 2.65 bits per heavy atom. The summed E-state index contributed by atoms with van der Waals surface area (Å²) in [5.41, 5.74) is 0.962. The van der Waals surface area contributed by atoms with E-state index < -0.39 is 0 Å². The molecule has 0 bridgehead atoms. The Morgan fingerprint density at radius 1 is 1.15 bits per heavy atom. The molecule has 6 heteroatoms. The number of nitrogens with zero attached hydrogens (tertiary/aromatic N) is 5. The van der Waals surface area contributed by atoms with Crippen LogP contribution in [0.25, 0.3) is 5.82 Å². The molecule has 3 aromatic rings. The third-order valence-corrected chi connectivity index (χ3v) is 3.15. The van der Waals surface area contributed by atoms with Gasteiger partial charge in [0.05, 0.1) is 17.9 Å². The molecule has 3 aromatic heterocycles. The molecule has 0 aliphatic rings. The summed E-state index contributed by atoms with van der Waals surface area (Å²) in [7, 11) is 1.99. The first kappa shape index (κ1) is 12.4. The maximum Gasteiger partial charge on any atom is 0.137 e. The molecule has 1 unspecified atom stereocenters. The van der Waals surface area contributed by atoms with Crippen LogP contribution >= 0.6 is 0 Å². The van der Waals surface area contributed by atoms with Gasteiger partial charge in [0.1, 0.15) is 18.0 Å². The average molecular weight is 268 g/mol. The van der Waals surface area contributed by atoms with Gasteiger partial charge in [-0.25, -0.2) is 15.0 Å². The predicted molar refractivity (Wildman–Crippen MR) is 76.6 cm³/mol. The lowest BCUT2D eigenvalue weighted by atomic mass is 10.3. The third kappa shape index (κ3) is 2.40. The van der Waals surface area contributed by atoms with Crippen molar-refractivity contribution in [3.8, 4) is 5.82 Å². The van der Waals surface area contributed by atoms with Gasteiger partial charge in [-0.3, -0.25) is 4.57 Å². The SMILES string of the molecule is CC(Nc1ccc(-n2ccnc2)nc1)c1nccn1C. The molecule has 3 heterocycles. The number of imidazole rings is 2. The highest BCUT2D eigenvalue weighted by Crippen LogP contribution is 2.17. The van der Waals surface area contributed by atoms with Crippen LogP contribution in [0.5, 0.6) is 0 Å². The monoisotopic (exact) mass is 268 g/mol. The fourth-order valence-corrected chi connectivity index (χ4v) is 2.13. The summed E-state index contributed by atoms with van der Waals surface area (Å²) in [6.07, 6.45) is 10.9. The van der Waals surface area contributed by atoms with E-state index in [-0.39, 0.29) is 6.04 Å². The molecule has 0 fully saturated rings. The zero-order valence-corrected chi connectivity index (χ0v) is 11.4. The second kappa shape index (κ2) is 5.16. The van der Waals surface area contributed by atoms with Crippen molar-refractivity contribution in [1.82, 2.24) is 24.1 Å². The summed E-state index contributed by atoms with van der Waals surface area (Å²) in [6.45, 7) is 2.08. The van der Waals surface area contributed by atoms with E-state index in [9.17, 15) is 0 Å². The number of hydrogen-bond donors (Lipinski definition) is 1. The highest BCUT2D eigenvalue weighted by atomic mass is 15.1. The van der Waals surface area contributed by atoms with E-state index in [4.69, 9.17) is 0 Å². The molecule has 0 spiro atoms. The van der Waals surface area contributed by atoms with Gasteiger partial charge in [-0.05, 0) is 19.1 Å². The Balaban J connectivity index is 1.74. The van der Waals surface area contributed by atoms with E-state index in [0.29, 0.717) is 0 Å². The molecule has 0 saturated carbocycles. The van der Waals surface area contributed by atoms with Crippen LogP contribution in [0.1, 0.15) is 18.8 Å². The van der Waals surface area contributed by atoms with Gasteiger partial charge in [-0.15, -0.1) is 0 Å². The summed E-state index contributed by atoms with van der Waals surface area (Å²) in [5.74, 6) is 1.83.